The molecule has 29 heavy (non-hydrogen) atoms. The van der Waals surface area contributed by atoms with Gasteiger partial charge in [0, 0.05) is 6.07 Å². The van der Waals surface area contributed by atoms with Crippen LogP contribution in [0.1, 0.15) is 6.92 Å². The van der Waals surface area contributed by atoms with E-state index in [0.717, 1.165) is 4.31 Å². The quantitative estimate of drug-likeness (QED) is 0.792. The van der Waals surface area contributed by atoms with Gasteiger partial charge in [-0.15, -0.1) is 0 Å². The van der Waals surface area contributed by atoms with Gasteiger partial charge < -0.3 is 14.8 Å². The third-order valence-electron chi connectivity index (χ3n) is 4.70. The summed E-state index contributed by atoms with van der Waals surface area (Å²) in [5, 5.41) is 2.70. The van der Waals surface area contributed by atoms with Gasteiger partial charge in [-0.25, -0.2) is 8.42 Å². The van der Waals surface area contributed by atoms with Crippen LogP contribution in [-0.2, 0) is 19.6 Å². The first-order valence-corrected chi connectivity index (χ1v) is 10.6. The Kier molecular flexibility index (Phi) is 4.79. The zero-order valence-corrected chi connectivity index (χ0v) is 16.4. The lowest BCUT2D eigenvalue weighted by Gasteiger charge is -2.31. The largest absolute Gasteiger partial charge is 0.454 e. The summed E-state index contributed by atoms with van der Waals surface area (Å²) in [5.41, 5.74) is 1.32. The summed E-state index contributed by atoms with van der Waals surface area (Å²) < 4.78 is 37.1. The molecule has 0 fully saturated rings. The fourth-order valence-electron chi connectivity index (χ4n) is 3.21. The molecule has 2 aliphatic rings. The predicted octanol–water partition coefficient (Wildman–Crippen LogP) is 1.56. The monoisotopic (exact) mass is 417 g/mol. The highest BCUT2D eigenvalue weighted by atomic mass is 32.2. The molecule has 4 rings (SSSR count). The standard InChI is InChI=1S/C19H19N3O6S/c1-2-29(25,26)22(13-7-8-16-17(9-13)28-12-27-16)11-19(24)21-10-18(23)20-14-5-3-4-6-15(14)21/h3-9H,2,10-12H2,1H3,(H,20,23). The summed E-state index contributed by atoms with van der Waals surface area (Å²) in [6, 6.07) is 11.6. The molecule has 1 N–H and O–H groups in total. The van der Waals surface area contributed by atoms with E-state index in [1.54, 1.807) is 36.4 Å². The number of sulfonamides is 1. The zero-order valence-electron chi connectivity index (χ0n) is 15.6. The van der Waals surface area contributed by atoms with Crippen molar-refractivity contribution in [3.63, 3.8) is 0 Å². The van der Waals surface area contributed by atoms with Crippen molar-refractivity contribution in [3.05, 3.63) is 42.5 Å². The van der Waals surface area contributed by atoms with Crippen molar-refractivity contribution in [3.8, 4) is 11.5 Å². The van der Waals surface area contributed by atoms with E-state index in [0.29, 0.717) is 28.6 Å². The summed E-state index contributed by atoms with van der Waals surface area (Å²) in [7, 11) is -3.77. The van der Waals surface area contributed by atoms with Crippen LogP contribution >= 0.6 is 0 Å². The van der Waals surface area contributed by atoms with E-state index in [2.05, 4.69) is 5.32 Å². The Hall–Kier alpha value is -3.27. The first-order valence-electron chi connectivity index (χ1n) is 8.98. The molecule has 0 saturated heterocycles. The lowest BCUT2D eigenvalue weighted by Crippen LogP contribution is -2.48. The number of ether oxygens (including phenoxy) is 2. The van der Waals surface area contributed by atoms with Gasteiger partial charge in [0.15, 0.2) is 11.5 Å². The molecule has 10 heteroatoms. The topological polar surface area (TPSA) is 105 Å². The summed E-state index contributed by atoms with van der Waals surface area (Å²) in [4.78, 5) is 26.4. The maximum absolute atomic E-state index is 13.1. The van der Waals surface area contributed by atoms with Crippen molar-refractivity contribution < 1.29 is 27.5 Å². The van der Waals surface area contributed by atoms with Crippen LogP contribution in [0, 0.1) is 0 Å². The molecule has 0 spiro atoms. The SMILES string of the molecule is CCS(=O)(=O)N(CC(=O)N1CC(=O)Nc2ccccc21)c1ccc2c(c1)OCO2. The van der Waals surface area contributed by atoms with Crippen LogP contribution in [-0.4, -0.2) is 45.9 Å². The molecule has 2 aromatic rings. The lowest BCUT2D eigenvalue weighted by molar-refractivity contribution is -0.121. The van der Waals surface area contributed by atoms with Crippen LogP contribution in [0.2, 0.25) is 0 Å². The molecule has 0 aliphatic carbocycles. The Morgan fingerprint density at radius 3 is 2.72 bits per heavy atom. The van der Waals surface area contributed by atoms with Gasteiger partial charge in [0.2, 0.25) is 28.6 Å². The van der Waals surface area contributed by atoms with E-state index in [1.807, 2.05) is 0 Å². The average Bonchev–Trinajstić information content (AvgIpc) is 3.18. The van der Waals surface area contributed by atoms with Gasteiger partial charge in [0.25, 0.3) is 0 Å². The molecule has 2 amide bonds. The van der Waals surface area contributed by atoms with Crippen molar-refractivity contribution in [1.82, 2.24) is 0 Å². The van der Waals surface area contributed by atoms with Gasteiger partial charge >= 0.3 is 0 Å². The zero-order chi connectivity index (χ0) is 20.6. The average molecular weight is 417 g/mol. The highest BCUT2D eigenvalue weighted by Gasteiger charge is 2.31. The summed E-state index contributed by atoms with van der Waals surface area (Å²) in [6.45, 7) is 0.926. The number of nitrogens with one attached hydrogen (secondary N) is 1. The number of hydrogen-bond acceptors (Lipinski definition) is 6. The predicted molar refractivity (Wildman–Crippen MR) is 107 cm³/mol. The molecule has 2 aromatic carbocycles. The normalized spacial score (nSPS) is 14.9. The third kappa shape index (κ3) is 3.58. The molecule has 0 saturated carbocycles. The van der Waals surface area contributed by atoms with Gasteiger partial charge in [-0.05, 0) is 31.2 Å². The van der Waals surface area contributed by atoms with Crippen molar-refractivity contribution in [1.29, 1.82) is 0 Å². The first-order chi connectivity index (χ1) is 13.9. The Morgan fingerprint density at radius 1 is 1.17 bits per heavy atom. The Labute approximate surface area is 167 Å². The van der Waals surface area contributed by atoms with Crippen LogP contribution in [0.5, 0.6) is 11.5 Å². The third-order valence-corrected chi connectivity index (χ3v) is 6.44. The second kappa shape index (κ2) is 7.28. The smallest absolute Gasteiger partial charge is 0.248 e. The highest BCUT2D eigenvalue weighted by Crippen LogP contribution is 2.36. The molecular weight excluding hydrogens is 398 g/mol. The van der Waals surface area contributed by atoms with Crippen LogP contribution < -0.4 is 24.0 Å². The van der Waals surface area contributed by atoms with Crippen molar-refractivity contribution in [2.75, 3.05) is 40.2 Å². The van der Waals surface area contributed by atoms with Crippen molar-refractivity contribution in [2.24, 2.45) is 0 Å². The van der Waals surface area contributed by atoms with Crippen LogP contribution in [0.25, 0.3) is 0 Å². The number of carbonyl (C=O) groups is 2. The Morgan fingerprint density at radius 2 is 1.93 bits per heavy atom. The second-order valence-corrected chi connectivity index (χ2v) is 8.67. The number of nitrogens with zero attached hydrogens (tertiary/aromatic N) is 2. The first kappa shape index (κ1) is 19.1. The number of amides is 2. The van der Waals surface area contributed by atoms with Crippen LogP contribution in [0.4, 0.5) is 17.1 Å². The minimum Gasteiger partial charge on any atom is -0.454 e. The molecular formula is C19H19N3O6S. The Balaban J connectivity index is 1.67. The van der Waals surface area contributed by atoms with Crippen LogP contribution in [0.15, 0.2) is 42.5 Å². The van der Waals surface area contributed by atoms with Crippen molar-refractivity contribution >= 4 is 38.9 Å². The van der Waals surface area contributed by atoms with E-state index < -0.39 is 22.5 Å². The highest BCUT2D eigenvalue weighted by molar-refractivity contribution is 7.92. The van der Waals surface area contributed by atoms with E-state index >= 15 is 0 Å². The fourth-order valence-corrected chi connectivity index (χ4v) is 4.26. The lowest BCUT2D eigenvalue weighted by atomic mass is 10.2. The maximum Gasteiger partial charge on any atom is 0.248 e. The number of hydrogen-bond donors (Lipinski definition) is 1. The Bertz CT molecular complexity index is 1090. The molecule has 0 radical (unpaired) electrons. The number of benzene rings is 2. The fraction of sp³-hybridized carbons (Fsp3) is 0.263. The molecule has 0 atom stereocenters. The van der Waals surface area contributed by atoms with Gasteiger partial charge in [-0.1, -0.05) is 12.1 Å². The van der Waals surface area contributed by atoms with Gasteiger partial charge in [0.1, 0.15) is 13.1 Å². The number of carbonyl (C=O) groups excluding carboxylic acids is 2. The maximum atomic E-state index is 13.1. The van der Waals surface area contributed by atoms with E-state index in [4.69, 9.17) is 9.47 Å². The molecule has 2 heterocycles. The molecule has 0 aromatic heterocycles. The van der Waals surface area contributed by atoms with E-state index in [1.165, 1.54) is 17.9 Å². The summed E-state index contributed by atoms with van der Waals surface area (Å²) >= 11 is 0. The molecule has 152 valence electrons. The molecule has 0 bridgehead atoms. The van der Waals surface area contributed by atoms with Crippen LogP contribution in [0.3, 0.4) is 0 Å². The summed E-state index contributed by atoms with van der Waals surface area (Å²) in [5.74, 6) is -0.122. The van der Waals surface area contributed by atoms with Crippen molar-refractivity contribution in [2.45, 2.75) is 6.92 Å². The number of rotatable bonds is 5. The van der Waals surface area contributed by atoms with Gasteiger partial charge in [0.05, 0.1) is 22.8 Å². The van der Waals surface area contributed by atoms with E-state index in [-0.39, 0.29) is 25.0 Å². The number of fused-ring (bicyclic) bond motifs is 2. The van der Waals surface area contributed by atoms with Gasteiger partial charge in [-0.3, -0.25) is 18.8 Å². The molecule has 9 nitrogen and oxygen atoms in total. The number of anilines is 3. The number of para-hydroxylation sites is 2. The van der Waals surface area contributed by atoms with Gasteiger partial charge in [-0.2, -0.15) is 0 Å². The second-order valence-electron chi connectivity index (χ2n) is 6.49. The minimum atomic E-state index is -3.77. The minimum absolute atomic E-state index is 0.0535. The molecule has 2 aliphatic heterocycles. The molecule has 0 unspecified atom stereocenters. The summed E-state index contributed by atoms with van der Waals surface area (Å²) in [6.07, 6.45) is 0. The van der Waals surface area contributed by atoms with E-state index in [9.17, 15) is 18.0 Å².